The number of aliphatic carboxylic acids is 1. The van der Waals surface area contributed by atoms with Gasteiger partial charge in [-0.2, -0.15) is 0 Å². The quantitative estimate of drug-likeness (QED) is 0.511. The SMILES string of the molecule is CC(C)CC(NC(=O)c1cc(C2CC2)c(OCC23CC4CC(CC(C4)C2)C3)cc1F)C(=O)O. The van der Waals surface area contributed by atoms with Gasteiger partial charge in [-0.3, -0.25) is 4.79 Å². The molecule has 1 aromatic rings. The number of ether oxygens (including phenoxy) is 1. The lowest BCUT2D eigenvalue weighted by molar-refractivity contribution is -0.139. The van der Waals surface area contributed by atoms with Crippen molar-refractivity contribution in [2.24, 2.45) is 29.1 Å². The van der Waals surface area contributed by atoms with E-state index in [1.54, 1.807) is 6.07 Å². The van der Waals surface area contributed by atoms with Crippen molar-refractivity contribution < 1.29 is 23.8 Å². The fourth-order valence-corrected chi connectivity index (χ4v) is 7.21. The predicted molar refractivity (Wildman–Crippen MR) is 123 cm³/mol. The molecule has 5 nitrogen and oxygen atoms in total. The molecule has 0 saturated heterocycles. The lowest BCUT2D eigenvalue weighted by Crippen LogP contribution is -2.48. The number of hydrogen-bond acceptors (Lipinski definition) is 3. The molecule has 5 saturated carbocycles. The van der Waals surface area contributed by atoms with Crippen LogP contribution in [0.15, 0.2) is 12.1 Å². The first-order chi connectivity index (χ1) is 15.7. The number of carbonyl (C=O) groups excluding carboxylic acids is 1. The first-order valence-corrected chi connectivity index (χ1v) is 12.7. The van der Waals surface area contributed by atoms with Crippen molar-refractivity contribution in [2.45, 2.75) is 83.6 Å². The van der Waals surface area contributed by atoms with Crippen molar-refractivity contribution in [1.29, 1.82) is 0 Å². The van der Waals surface area contributed by atoms with Crippen LogP contribution in [-0.2, 0) is 4.79 Å². The Morgan fingerprint density at radius 1 is 1.12 bits per heavy atom. The van der Waals surface area contributed by atoms with E-state index in [9.17, 15) is 14.7 Å². The second-order valence-corrected chi connectivity index (χ2v) is 11.8. The number of halogens is 1. The van der Waals surface area contributed by atoms with Gasteiger partial charge in [0.15, 0.2) is 0 Å². The molecule has 1 unspecified atom stereocenters. The minimum absolute atomic E-state index is 0.0888. The Labute approximate surface area is 195 Å². The summed E-state index contributed by atoms with van der Waals surface area (Å²) in [6, 6.07) is 1.93. The van der Waals surface area contributed by atoms with E-state index in [0.29, 0.717) is 18.8 Å². The summed E-state index contributed by atoms with van der Waals surface area (Å²) in [5.41, 5.74) is 1.03. The third-order valence-corrected chi connectivity index (χ3v) is 8.37. The van der Waals surface area contributed by atoms with E-state index in [1.165, 1.54) is 44.6 Å². The average Bonchev–Trinajstić information content (AvgIpc) is 3.55. The van der Waals surface area contributed by atoms with Crippen LogP contribution in [0.1, 0.15) is 93.5 Å². The van der Waals surface area contributed by atoms with Crippen LogP contribution in [0.5, 0.6) is 5.75 Å². The number of carboxylic acid groups (broad SMARTS) is 1. The zero-order valence-electron chi connectivity index (χ0n) is 19.7. The van der Waals surface area contributed by atoms with Crippen molar-refractivity contribution >= 4 is 11.9 Å². The Kier molecular flexibility index (Phi) is 5.90. The molecule has 6 rings (SSSR count). The molecule has 0 aliphatic heterocycles. The first kappa shape index (κ1) is 22.7. The highest BCUT2D eigenvalue weighted by atomic mass is 19.1. The first-order valence-electron chi connectivity index (χ1n) is 12.7. The molecule has 0 aromatic heterocycles. The predicted octanol–water partition coefficient (Wildman–Crippen LogP) is 5.53. The zero-order chi connectivity index (χ0) is 23.3. The Balaban J connectivity index is 1.33. The Hall–Kier alpha value is -2.11. The summed E-state index contributed by atoms with van der Waals surface area (Å²) in [6.07, 6.45) is 10.1. The maximum Gasteiger partial charge on any atom is 0.326 e. The number of nitrogens with one attached hydrogen (secondary N) is 1. The molecule has 4 bridgehead atoms. The van der Waals surface area contributed by atoms with Crippen LogP contribution in [0.2, 0.25) is 0 Å². The second-order valence-electron chi connectivity index (χ2n) is 11.8. The van der Waals surface area contributed by atoms with Crippen LogP contribution in [0.4, 0.5) is 4.39 Å². The maximum absolute atomic E-state index is 15.1. The molecule has 33 heavy (non-hydrogen) atoms. The van der Waals surface area contributed by atoms with Gasteiger partial charge in [0, 0.05) is 11.5 Å². The molecule has 0 heterocycles. The normalized spacial score (nSPS) is 31.0. The second kappa shape index (κ2) is 8.59. The lowest BCUT2D eigenvalue weighted by Gasteiger charge is -2.56. The highest BCUT2D eigenvalue weighted by Gasteiger charge is 2.51. The molecule has 0 spiro atoms. The van der Waals surface area contributed by atoms with Crippen LogP contribution >= 0.6 is 0 Å². The van der Waals surface area contributed by atoms with Gasteiger partial charge in [-0.05, 0) is 99.0 Å². The van der Waals surface area contributed by atoms with Gasteiger partial charge in [0.05, 0.1) is 12.2 Å². The van der Waals surface area contributed by atoms with Gasteiger partial charge in [-0.15, -0.1) is 0 Å². The van der Waals surface area contributed by atoms with E-state index < -0.39 is 23.7 Å². The molecule has 2 N–H and O–H groups in total. The van der Waals surface area contributed by atoms with E-state index >= 15 is 4.39 Å². The molecule has 1 atom stereocenters. The van der Waals surface area contributed by atoms with E-state index in [0.717, 1.165) is 36.2 Å². The number of benzene rings is 1. The highest BCUT2D eigenvalue weighted by Crippen LogP contribution is 2.60. The minimum atomic E-state index is -1.10. The third-order valence-electron chi connectivity index (χ3n) is 8.37. The van der Waals surface area contributed by atoms with E-state index in [2.05, 4.69) is 5.32 Å². The molecular formula is C27H36FNO4. The third kappa shape index (κ3) is 4.76. The monoisotopic (exact) mass is 457 g/mol. The van der Waals surface area contributed by atoms with Gasteiger partial charge in [0.1, 0.15) is 17.6 Å². The van der Waals surface area contributed by atoms with Crippen molar-refractivity contribution in [1.82, 2.24) is 5.32 Å². The molecule has 5 aliphatic carbocycles. The van der Waals surface area contributed by atoms with E-state index in [-0.39, 0.29) is 22.8 Å². The Morgan fingerprint density at radius 2 is 1.73 bits per heavy atom. The fourth-order valence-electron chi connectivity index (χ4n) is 7.21. The van der Waals surface area contributed by atoms with Gasteiger partial charge < -0.3 is 15.2 Å². The number of carboxylic acids is 1. The van der Waals surface area contributed by atoms with Gasteiger partial charge in [-0.25, -0.2) is 9.18 Å². The van der Waals surface area contributed by atoms with Crippen LogP contribution in [-0.4, -0.2) is 29.6 Å². The molecule has 1 amide bonds. The van der Waals surface area contributed by atoms with E-state index in [1.807, 2.05) is 13.8 Å². The van der Waals surface area contributed by atoms with Crippen LogP contribution in [0.3, 0.4) is 0 Å². The summed E-state index contributed by atoms with van der Waals surface area (Å²) in [4.78, 5) is 24.3. The largest absolute Gasteiger partial charge is 0.493 e. The summed E-state index contributed by atoms with van der Waals surface area (Å²) < 4.78 is 21.4. The number of hydrogen-bond donors (Lipinski definition) is 2. The van der Waals surface area contributed by atoms with Crippen molar-refractivity contribution in [2.75, 3.05) is 6.61 Å². The highest BCUT2D eigenvalue weighted by molar-refractivity contribution is 5.97. The summed E-state index contributed by atoms with van der Waals surface area (Å²) >= 11 is 0. The van der Waals surface area contributed by atoms with Gasteiger partial charge in [0.2, 0.25) is 0 Å². The van der Waals surface area contributed by atoms with Crippen molar-refractivity contribution in [3.63, 3.8) is 0 Å². The average molecular weight is 458 g/mol. The maximum atomic E-state index is 15.1. The summed E-state index contributed by atoms with van der Waals surface area (Å²) in [7, 11) is 0. The Morgan fingerprint density at radius 3 is 2.24 bits per heavy atom. The fraction of sp³-hybridized carbons (Fsp3) is 0.704. The smallest absolute Gasteiger partial charge is 0.326 e. The standard InChI is InChI=1S/C27H36FNO4/c1-15(2)5-23(26(31)32)29-25(30)21-9-20(19-3-4-19)24(10-22(21)28)33-14-27-11-16-6-17(12-27)8-18(7-16)13-27/h9-10,15-19,23H,3-8,11-14H2,1-2H3,(H,29,30)(H,31,32). The zero-order valence-corrected chi connectivity index (χ0v) is 19.7. The van der Waals surface area contributed by atoms with Gasteiger partial charge >= 0.3 is 5.97 Å². The van der Waals surface area contributed by atoms with Gasteiger partial charge in [0.25, 0.3) is 5.91 Å². The summed E-state index contributed by atoms with van der Waals surface area (Å²) in [5.74, 6) is 1.03. The molecule has 1 aromatic carbocycles. The summed E-state index contributed by atoms with van der Waals surface area (Å²) in [5, 5.41) is 12.0. The number of amides is 1. The van der Waals surface area contributed by atoms with Crippen molar-refractivity contribution in [3.05, 3.63) is 29.1 Å². The Bertz CT molecular complexity index is 903. The molecule has 0 radical (unpaired) electrons. The molecule has 6 heteroatoms. The number of carbonyl (C=O) groups is 2. The lowest BCUT2D eigenvalue weighted by atomic mass is 9.50. The summed E-state index contributed by atoms with van der Waals surface area (Å²) in [6.45, 7) is 4.42. The minimum Gasteiger partial charge on any atom is -0.493 e. The van der Waals surface area contributed by atoms with Gasteiger partial charge in [-0.1, -0.05) is 13.8 Å². The van der Waals surface area contributed by atoms with Crippen LogP contribution < -0.4 is 10.1 Å². The van der Waals surface area contributed by atoms with Crippen LogP contribution in [0.25, 0.3) is 0 Å². The number of rotatable bonds is 9. The van der Waals surface area contributed by atoms with E-state index in [4.69, 9.17) is 4.74 Å². The topological polar surface area (TPSA) is 75.6 Å². The van der Waals surface area contributed by atoms with Crippen LogP contribution in [0, 0.1) is 34.9 Å². The molecule has 5 aliphatic rings. The molecular weight excluding hydrogens is 421 g/mol. The van der Waals surface area contributed by atoms with Crippen molar-refractivity contribution in [3.8, 4) is 5.75 Å². The molecule has 5 fully saturated rings. The molecule has 180 valence electrons.